The van der Waals surface area contributed by atoms with Crippen LogP contribution < -0.4 is 5.32 Å². The molecule has 1 saturated carbocycles. The Bertz CT molecular complexity index is 895. The van der Waals surface area contributed by atoms with Gasteiger partial charge in [-0.05, 0) is 49.1 Å². The van der Waals surface area contributed by atoms with Crippen molar-refractivity contribution in [3.8, 4) is 0 Å². The number of allylic oxidation sites excluding steroid dienone is 1. The Hall–Kier alpha value is -2.64. The smallest absolute Gasteiger partial charge is 0.246 e. The van der Waals surface area contributed by atoms with Crippen LogP contribution in [-0.4, -0.2) is 40.7 Å². The largest absolute Gasteiger partial charge is 0.349 e. The fourth-order valence-corrected chi connectivity index (χ4v) is 3.76. The number of fused-ring (bicyclic) bond motifs is 1. The van der Waals surface area contributed by atoms with E-state index >= 15 is 0 Å². The first-order chi connectivity index (χ1) is 13.3. The number of alkyl halides is 1. The molecule has 1 N–H and O–H groups in total. The number of hydrogen-bond acceptors (Lipinski definition) is 3. The Morgan fingerprint density at radius 1 is 1.32 bits per heavy atom. The number of dihydropyridines is 1. The number of nitrogens with one attached hydrogen (secondary N) is 1. The van der Waals surface area contributed by atoms with Gasteiger partial charge in [-0.3, -0.25) is 14.6 Å². The molecule has 2 amide bonds. The van der Waals surface area contributed by atoms with Crippen molar-refractivity contribution < 1.29 is 22.8 Å². The van der Waals surface area contributed by atoms with E-state index in [1.807, 2.05) is 0 Å². The molecule has 1 fully saturated rings. The van der Waals surface area contributed by atoms with Gasteiger partial charge in [-0.25, -0.2) is 13.2 Å². The zero-order valence-corrected chi connectivity index (χ0v) is 15.2. The van der Waals surface area contributed by atoms with Crippen LogP contribution in [0.4, 0.5) is 13.2 Å². The van der Waals surface area contributed by atoms with Crippen molar-refractivity contribution in [2.45, 2.75) is 50.5 Å². The third-order valence-corrected chi connectivity index (χ3v) is 5.47. The van der Waals surface area contributed by atoms with Gasteiger partial charge in [-0.15, -0.1) is 0 Å². The van der Waals surface area contributed by atoms with Gasteiger partial charge in [0, 0.05) is 12.8 Å². The normalized spacial score (nSPS) is 24.4. The molecule has 1 unspecified atom stereocenters. The molecule has 1 radical (unpaired) electrons. The Morgan fingerprint density at radius 3 is 2.75 bits per heavy atom. The topological polar surface area (TPSA) is 61.8 Å². The zero-order chi connectivity index (χ0) is 20.1. The van der Waals surface area contributed by atoms with Crippen LogP contribution >= 0.6 is 0 Å². The summed E-state index contributed by atoms with van der Waals surface area (Å²) in [5, 5.41) is 2.69. The minimum atomic E-state index is -1.59. The summed E-state index contributed by atoms with van der Waals surface area (Å²) in [4.78, 5) is 30.8. The van der Waals surface area contributed by atoms with E-state index in [1.54, 1.807) is 13.0 Å². The summed E-state index contributed by atoms with van der Waals surface area (Å²) in [6, 6.07) is 3.44. The highest BCUT2D eigenvalue weighted by Gasteiger charge is 2.57. The van der Waals surface area contributed by atoms with Crippen LogP contribution in [0.3, 0.4) is 0 Å². The quantitative estimate of drug-likeness (QED) is 0.859. The highest BCUT2D eigenvalue weighted by Crippen LogP contribution is 2.45. The van der Waals surface area contributed by atoms with Crippen molar-refractivity contribution in [2.24, 2.45) is 4.99 Å². The number of carbonyl (C=O) groups is 2. The van der Waals surface area contributed by atoms with Gasteiger partial charge in [-0.2, -0.15) is 0 Å². The van der Waals surface area contributed by atoms with E-state index in [-0.39, 0.29) is 24.9 Å². The predicted molar refractivity (Wildman–Crippen MR) is 96.0 cm³/mol. The van der Waals surface area contributed by atoms with Crippen molar-refractivity contribution in [3.05, 3.63) is 53.1 Å². The molecule has 3 aliphatic rings. The molecule has 0 bridgehead atoms. The van der Waals surface area contributed by atoms with Crippen LogP contribution in [0.5, 0.6) is 0 Å². The van der Waals surface area contributed by atoms with Crippen LogP contribution in [0.25, 0.3) is 0 Å². The average molecular weight is 390 g/mol. The van der Waals surface area contributed by atoms with E-state index in [0.717, 1.165) is 17.9 Å². The van der Waals surface area contributed by atoms with Gasteiger partial charge in [0.05, 0.1) is 12.5 Å². The average Bonchev–Trinajstić information content (AvgIpc) is 3.43. The monoisotopic (exact) mass is 390 g/mol. The highest BCUT2D eigenvalue weighted by molar-refractivity contribution is 5.95. The number of carbonyl (C=O) groups excluding carboxylic acids is 2. The first kappa shape index (κ1) is 18.7. The molecule has 2 aliphatic heterocycles. The molecule has 0 aromatic heterocycles. The molecule has 0 spiro atoms. The van der Waals surface area contributed by atoms with Gasteiger partial charge in [0.15, 0.2) is 12.2 Å². The van der Waals surface area contributed by atoms with Crippen LogP contribution in [-0.2, 0) is 22.6 Å². The standard InChI is InChI=1S/C20H19F3N3O2/c1-11(18-16(23)8-15(22)9-24-18)25-19(28)20(4-5-20)26-10-13-6-14(21)3-2-12(13)7-17(26)27/h2-3,6,8-9,11,15H,4-5,7,10H2,1H3,(H,25,28)/t11-,15?/m1/s1. The molecule has 28 heavy (non-hydrogen) atoms. The molecule has 5 nitrogen and oxygen atoms in total. The predicted octanol–water partition coefficient (Wildman–Crippen LogP) is 2.56. The molecule has 1 aliphatic carbocycles. The minimum absolute atomic E-state index is 0.0598. The SMILES string of the molecule is C[C@@H](NC(=O)C1(N2Cc3cc(F)ccc3CC2=O)CC1)[C]1N=CC(F)C=C1F. The van der Waals surface area contributed by atoms with Gasteiger partial charge in [0.1, 0.15) is 17.2 Å². The maximum absolute atomic E-state index is 14.0. The number of amides is 2. The van der Waals surface area contributed by atoms with Gasteiger partial charge in [0.2, 0.25) is 11.8 Å². The molecule has 0 saturated heterocycles. The van der Waals surface area contributed by atoms with E-state index in [0.29, 0.717) is 18.4 Å². The number of rotatable bonds is 4. The molecule has 4 rings (SSSR count). The number of halogens is 3. The second kappa shape index (κ2) is 6.76. The summed E-state index contributed by atoms with van der Waals surface area (Å²) < 4.78 is 40.6. The molecule has 2 heterocycles. The first-order valence-corrected chi connectivity index (χ1v) is 9.12. The lowest BCUT2D eigenvalue weighted by molar-refractivity contribution is -0.143. The molecular formula is C20H19F3N3O2. The Labute approximate surface area is 160 Å². The first-order valence-electron chi connectivity index (χ1n) is 9.12. The van der Waals surface area contributed by atoms with E-state index in [9.17, 15) is 22.8 Å². The van der Waals surface area contributed by atoms with Gasteiger partial charge in [-0.1, -0.05) is 6.07 Å². The van der Waals surface area contributed by atoms with Crippen molar-refractivity contribution in [2.75, 3.05) is 0 Å². The molecule has 147 valence electrons. The number of nitrogens with zero attached hydrogens (tertiary/aromatic N) is 2. The lowest BCUT2D eigenvalue weighted by Crippen LogP contribution is -2.55. The molecule has 8 heteroatoms. The van der Waals surface area contributed by atoms with Crippen molar-refractivity contribution in [1.82, 2.24) is 10.2 Å². The summed E-state index contributed by atoms with van der Waals surface area (Å²) in [6.07, 6.45) is 1.23. The number of benzene rings is 1. The van der Waals surface area contributed by atoms with E-state index in [4.69, 9.17) is 0 Å². The second-order valence-corrected chi connectivity index (χ2v) is 7.42. The Balaban J connectivity index is 1.49. The minimum Gasteiger partial charge on any atom is -0.349 e. The molecule has 2 atom stereocenters. The van der Waals surface area contributed by atoms with Crippen LogP contribution in [0.1, 0.15) is 30.9 Å². The van der Waals surface area contributed by atoms with Gasteiger partial charge >= 0.3 is 0 Å². The molecule has 1 aromatic carbocycles. The van der Waals surface area contributed by atoms with Crippen LogP contribution in [0.15, 0.2) is 35.1 Å². The van der Waals surface area contributed by atoms with E-state index in [2.05, 4.69) is 10.3 Å². The summed E-state index contributed by atoms with van der Waals surface area (Å²) in [5.74, 6) is -1.82. The summed E-state index contributed by atoms with van der Waals surface area (Å²) >= 11 is 0. The van der Waals surface area contributed by atoms with Gasteiger partial charge in [0.25, 0.3) is 0 Å². The van der Waals surface area contributed by atoms with Crippen LogP contribution in [0.2, 0.25) is 0 Å². The summed E-state index contributed by atoms with van der Waals surface area (Å²) in [7, 11) is 0. The maximum Gasteiger partial charge on any atom is 0.246 e. The third kappa shape index (κ3) is 3.21. The van der Waals surface area contributed by atoms with Crippen molar-refractivity contribution >= 4 is 18.0 Å². The second-order valence-electron chi connectivity index (χ2n) is 7.42. The maximum atomic E-state index is 14.0. The fourth-order valence-electron chi connectivity index (χ4n) is 3.76. The fraction of sp³-hybridized carbons (Fsp3) is 0.400. The highest BCUT2D eigenvalue weighted by atomic mass is 19.1. The summed E-state index contributed by atoms with van der Waals surface area (Å²) in [6.45, 7) is 1.70. The van der Waals surface area contributed by atoms with Crippen molar-refractivity contribution in [1.29, 1.82) is 0 Å². The lowest BCUT2D eigenvalue weighted by atomic mass is 9.96. The molecule has 1 aromatic rings. The van der Waals surface area contributed by atoms with Crippen LogP contribution in [0, 0.1) is 11.9 Å². The van der Waals surface area contributed by atoms with Crippen molar-refractivity contribution in [3.63, 3.8) is 0 Å². The Kier molecular flexibility index (Phi) is 4.51. The van der Waals surface area contributed by atoms with E-state index in [1.165, 1.54) is 17.0 Å². The third-order valence-electron chi connectivity index (χ3n) is 5.47. The number of hydrogen-bond donors (Lipinski definition) is 1. The number of aliphatic imine (C=N–C) groups is 1. The lowest BCUT2D eigenvalue weighted by Gasteiger charge is -2.36. The van der Waals surface area contributed by atoms with Gasteiger partial charge < -0.3 is 10.2 Å². The van der Waals surface area contributed by atoms with E-state index < -0.39 is 35.3 Å². The summed E-state index contributed by atoms with van der Waals surface area (Å²) in [5.41, 5.74) is 0.421. The zero-order valence-electron chi connectivity index (χ0n) is 15.2. The Morgan fingerprint density at radius 2 is 2.07 bits per heavy atom. The molecular weight excluding hydrogens is 371 g/mol.